The molecule has 0 fully saturated rings. The van der Waals surface area contributed by atoms with Gasteiger partial charge in [0.2, 0.25) is 0 Å². The molecule has 0 saturated carbocycles. The first-order valence-corrected chi connectivity index (χ1v) is 7.57. The molecule has 0 atom stereocenters. The molecule has 0 aliphatic rings. The molecule has 1 aromatic carbocycles. The highest BCUT2D eigenvalue weighted by molar-refractivity contribution is 5.82. The van der Waals surface area contributed by atoms with E-state index in [-0.39, 0.29) is 38.1 Å². The number of carboxylic acid groups (broad SMARTS) is 1. The predicted octanol–water partition coefficient (Wildman–Crippen LogP) is 2.06. The number of benzene rings is 1. The summed E-state index contributed by atoms with van der Waals surface area (Å²) in [6, 6.07) is 5.87. The third-order valence-corrected chi connectivity index (χ3v) is 3.39. The Kier molecular flexibility index (Phi) is 7.54. The highest BCUT2D eigenvalue weighted by atomic mass is 16.5. The molecule has 1 amide bonds. The standard InChI is InChI=1S/C17H25NO5/c1-12(2)14-6-5-13(3)9-15(14)23-11-16(19)18(7-8-22-4)10-17(20)21/h5-6,9,12H,7-8,10-11H2,1-4H3,(H,20,21). The van der Waals surface area contributed by atoms with Crippen LogP contribution in [0.4, 0.5) is 0 Å². The number of ether oxygens (including phenoxy) is 2. The highest BCUT2D eigenvalue weighted by Gasteiger charge is 2.18. The number of aliphatic carboxylic acids is 1. The summed E-state index contributed by atoms with van der Waals surface area (Å²) in [6.07, 6.45) is 0. The van der Waals surface area contributed by atoms with Crippen LogP contribution in [0.15, 0.2) is 18.2 Å². The molecule has 0 aliphatic heterocycles. The predicted molar refractivity (Wildman–Crippen MR) is 86.9 cm³/mol. The summed E-state index contributed by atoms with van der Waals surface area (Å²) in [5.74, 6) is -0.506. The monoisotopic (exact) mass is 323 g/mol. The smallest absolute Gasteiger partial charge is 0.323 e. The van der Waals surface area contributed by atoms with Crippen LogP contribution in [0.5, 0.6) is 5.75 Å². The fourth-order valence-electron chi connectivity index (χ4n) is 2.13. The largest absolute Gasteiger partial charge is 0.483 e. The number of carboxylic acids is 1. The van der Waals surface area contributed by atoms with Crippen LogP contribution in [0.25, 0.3) is 0 Å². The number of aryl methyl sites for hydroxylation is 1. The Hall–Kier alpha value is -2.08. The molecular formula is C17H25NO5. The second kappa shape index (κ2) is 9.15. The normalized spacial score (nSPS) is 10.7. The zero-order valence-electron chi connectivity index (χ0n) is 14.2. The molecule has 0 saturated heterocycles. The summed E-state index contributed by atoms with van der Waals surface area (Å²) in [4.78, 5) is 24.3. The molecule has 0 spiro atoms. The van der Waals surface area contributed by atoms with E-state index in [0.717, 1.165) is 11.1 Å². The van der Waals surface area contributed by atoms with Gasteiger partial charge in [-0.3, -0.25) is 9.59 Å². The van der Waals surface area contributed by atoms with Gasteiger partial charge in [-0.05, 0) is 30.0 Å². The van der Waals surface area contributed by atoms with Gasteiger partial charge in [-0.1, -0.05) is 26.0 Å². The molecule has 6 heteroatoms. The van der Waals surface area contributed by atoms with E-state index in [4.69, 9.17) is 14.6 Å². The third-order valence-electron chi connectivity index (χ3n) is 3.39. The second-order valence-electron chi connectivity index (χ2n) is 5.69. The number of carbonyl (C=O) groups excluding carboxylic acids is 1. The zero-order chi connectivity index (χ0) is 17.4. The molecule has 1 aromatic rings. The lowest BCUT2D eigenvalue weighted by Crippen LogP contribution is -2.40. The quantitative estimate of drug-likeness (QED) is 0.753. The van der Waals surface area contributed by atoms with Crippen LogP contribution < -0.4 is 4.74 Å². The minimum absolute atomic E-state index is 0.194. The highest BCUT2D eigenvalue weighted by Crippen LogP contribution is 2.27. The van der Waals surface area contributed by atoms with Crippen LogP contribution in [0, 0.1) is 6.92 Å². The zero-order valence-corrected chi connectivity index (χ0v) is 14.2. The second-order valence-corrected chi connectivity index (χ2v) is 5.69. The summed E-state index contributed by atoms with van der Waals surface area (Å²) in [7, 11) is 1.50. The Balaban J connectivity index is 2.76. The summed E-state index contributed by atoms with van der Waals surface area (Å²) < 4.78 is 10.6. The minimum atomic E-state index is -1.06. The van der Waals surface area contributed by atoms with Crippen molar-refractivity contribution in [2.75, 3.05) is 33.4 Å². The molecule has 1 rings (SSSR count). The molecule has 0 bridgehead atoms. The maximum atomic E-state index is 12.2. The van der Waals surface area contributed by atoms with E-state index in [9.17, 15) is 9.59 Å². The number of nitrogens with zero attached hydrogens (tertiary/aromatic N) is 1. The van der Waals surface area contributed by atoms with E-state index in [1.165, 1.54) is 12.0 Å². The molecule has 0 radical (unpaired) electrons. The van der Waals surface area contributed by atoms with Crippen LogP contribution in [0.2, 0.25) is 0 Å². The number of methoxy groups -OCH3 is 1. The van der Waals surface area contributed by atoms with Crippen molar-refractivity contribution >= 4 is 11.9 Å². The summed E-state index contributed by atoms with van der Waals surface area (Å²) in [5.41, 5.74) is 2.06. The molecule has 0 unspecified atom stereocenters. The van der Waals surface area contributed by atoms with Crippen LogP contribution >= 0.6 is 0 Å². The van der Waals surface area contributed by atoms with Crippen LogP contribution in [0.3, 0.4) is 0 Å². The average molecular weight is 323 g/mol. The van der Waals surface area contributed by atoms with E-state index >= 15 is 0 Å². The Labute approximate surface area is 137 Å². The molecule has 0 heterocycles. The SMILES string of the molecule is COCCN(CC(=O)O)C(=O)COc1cc(C)ccc1C(C)C. The van der Waals surface area contributed by atoms with Gasteiger partial charge in [-0.25, -0.2) is 0 Å². The maximum absolute atomic E-state index is 12.2. The average Bonchev–Trinajstić information content (AvgIpc) is 2.48. The third kappa shape index (κ3) is 6.28. The molecule has 0 aromatic heterocycles. The van der Waals surface area contributed by atoms with Crippen molar-refractivity contribution in [1.29, 1.82) is 0 Å². The Morgan fingerprint density at radius 1 is 1.30 bits per heavy atom. The lowest BCUT2D eigenvalue weighted by Gasteiger charge is -2.21. The van der Waals surface area contributed by atoms with Crippen molar-refractivity contribution in [1.82, 2.24) is 4.90 Å². The number of amides is 1. The van der Waals surface area contributed by atoms with E-state index < -0.39 is 5.97 Å². The number of hydrogen-bond acceptors (Lipinski definition) is 4. The minimum Gasteiger partial charge on any atom is -0.483 e. The van der Waals surface area contributed by atoms with Gasteiger partial charge in [0.05, 0.1) is 6.61 Å². The fourth-order valence-corrected chi connectivity index (χ4v) is 2.13. The van der Waals surface area contributed by atoms with E-state index in [1.807, 2.05) is 25.1 Å². The van der Waals surface area contributed by atoms with Crippen molar-refractivity contribution in [2.24, 2.45) is 0 Å². The van der Waals surface area contributed by atoms with Gasteiger partial charge in [-0.15, -0.1) is 0 Å². The van der Waals surface area contributed by atoms with Gasteiger partial charge in [0.1, 0.15) is 12.3 Å². The molecule has 128 valence electrons. The summed E-state index contributed by atoms with van der Waals surface area (Å²) in [6.45, 7) is 5.99. The van der Waals surface area contributed by atoms with Gasteiger partial charge in [0.15, 0.2) is 6.61 Å². The molecular weight excluding hydrogens is 298 g/mol. The molecule has 0 aliphatic carbocycles. The van der Waals surface area contributed by atoms with Gasteiger partial charge in [0, 0.05) is 13.7 Å². The van der Waals surface area contributed by atoms with E-state index in [0.29, 0.717) is 5.75 Å². The maximum Gasteiger partial charge on any atom is 0.323 e. The topological polar surface area (TPSA) is 76.1 Å². The Morgan fingerprint density at radius 2 is 2.00 bits per heavy atom. The van der Waals surface area contributed by atoms with Crippen molar-refractivity contribution in [2.45, 2.75) is 26.7 Å². The van der Waals surface area contributed by atoms with Crippen LogP contribution in [-0.2, 0) is 14.3 Å². The Bertz CT molecular complexity index is 542. The van der Waals surface area contributed by atoms with Crippen LogP contribution in [-0.4, -0.2) is 55.3 Å². The summed E-state index contributed by atoms with van der Waals surface area (Å²) in [5, 5.41) is 8.90. The Morgan fingerprint density at radius 3 is 2.57 bits per heavy atom. The lowest BCUT2D eigenvalue weighted by molar-refractivity contribution is -0.145. The molecule has 6 nitrogen and oxygen atoms in total. The van der Waals surface area contributed by atoms with Crippen molar-refractivity contribution in [3.05, 3.63) is 29.3 Å². The van der Waals surface area contributed by atoms with Gasteiger partial charge in [0.25, 0.3) is 5.91 Å². The van der Waals surface area contributed by atoms with E-state index in [1.54, 1.807) is 0 Å². The first-order valence-electron chi connectivity index (χ1n) is 7.57. The van der Waals surface area contributed by atoms with E-state index in [2.05, 4.69) is 13.8 Å². The number of rotatable bonds is 9. The molecule has 23 heavy (non-hydrogen) atoms. The van der Waals surface area contributed by atoms with Crippen molar-refractivity contribution < 1.29 is 24.2 Å². The van der Waals surface area contributed by atoms with Crippen LogP contribution in [0.1, 0.15) is 30.9 Å². The fraction of sp³-hybridized carbons (Fsp3) is 0.529. The van der Waals surface area contributed by atoms with Gasteiger partial charge >= 0.3 is 5.97 Å². The first-order chi connectivity index (χ1) is 10.8. The first kappa shape index (κ1) is 19.0. The van der Waals surface area contributed by atoms with Crippen molar-refractivity contribution in [3.8, 4) is 5.75 Å². The van der Waals surface area contributed by atoms with Gasteiger partial charge in [-0.2, -0.15) is 0 Å². The lowest BCUT2D eigenvalue weighted by atomic mass is 10.0. The van der Waals surface area contributed by atoms with Gasteiger partial charge < -0.3 is 19.5 Å². The van der Waals surface area contributed by atoms with Crippen molar-refractivity contribution in [3.63, 3.8) is 0 Å². The number of carbonyl (C=O) groups is 2. The molecule has 1 N–H and O–H groups in total. The number of hydrogen-bond donors (Lipinski definition) is 1. The summed E-state index contributed by atoms with van der Waals surface area (Å²) >= 11 is 0.